The fraction of sp³-hybridized carbons (Fsp3) is 0.105. The second kappa shape index (κ2) is 8.52. The Morgan fingerprint density at radius 3 is 2.48 bits per heavy atom. The van der Waals surface area contributed by atoms with Crippen LogP contribution in [-0.4, -0.2) is 39.0 Å². The number of oxime groups is 1. The van der Waals surface area contributed by atoms with Crippen molar-refractivity contribution in [1.29, 1.82) is 0 Å². The molecule has 0 saturated heterocycles. The lowest BCUT2D eigenvalue weighted by molar-refractivity contribution is -0.137. The molecule has 3 aromatic rings. The average Bonchev–Trinajstić information content (AvgIpc) is 3.26. The molecule has 1 aromatic heterocycles. The van der Waals surface area contributed by atoms with E-state index in [9.17, 15) is 4.79 Å². The molecule has 0 aliphatic carbocycles. The van der Waals surface area contributed by atoms with E-state index in [1.54, 1.807) is 24.8 Å². The lowest BCUT2D eigenvalue weighted by Crippen LogP contribution is -2.01. The van der Waals surface area contributed by atoms with Gasteiger partial charge in [-0.3, -0.25) is 0 Å². The van der Waals surface area contributed by atoms with Crippen molar-refractivity contribution in [3.8, 4) is 11.4 Å². The molecule has 8 nitrogen and oxygen atoms in total. The van der Waals surface area contributed by atoms with Gasteiger partial charge in [-0.1, -0.05) is 29.4 Å². The largest absolute Gasteiger partial charge is 0.497 e. The first-order chi connectivity index (χ1) is 13.2. The van der Waals surface area contributed by atoms with Gasteiger partial charge in [-0.15, -0.1) is 5.10 Å². The van der Waals surface area contributed by atoms with E-state index in [1.165, 1.54) is 12.4 Å². The van der Waals surface area contributed by atoms with E-state index in [-0.39, 0.29) is 0 Å². The van der Waals surface area contributed by atoms with Crippen molar-refractivity contribution >= 4 is 17.8 Å². The molecule has 0 aliphatic rings. The van der Waals surface area contributed by atoms with Gasteiger partial charge in [-0.25, -0.2) is 9.48 Å². The molecule has 8 heteroatoms. The van der Waals surface area contributed by atoms with Gasteiger partial charge < -0.3 is 9.57 Å². The second-order valence-electron chi connectivity index (χ2n) is 5.49. The highest BCUT2D eigenvalue weighted by Crippen LogP contribution is 2.12. The Morgan fingerprint density at radius 2 is 1.85 bits per heavy atom. The number of tetrazole rings is 1. The van der Waals surface area contributed by atoms with E-state index in [0.717, 1.165) is 22.6 Å². The number of ether oxygens (including phenoxy) is 1. The fourth-order valence-corrected chi connectivity index (χ4v) is 2.21. The molecule has 0 fully saturated rings. The van der Waals surface area contributed by atoms with Crippen LogP contribution in [0.3, 0.4) is 0 Å². The number of carbonyl (C=O) groups excluding carboxylic acids is 1. The van der Waals surface area contributed by atoms with Gasteiger partial charge in [-0.2, -0.15) is 0 Å². The third-order valence-corrected chi connectivity index (χ3v) is 3.70. The maximum atomic E-state index is 11.8. The van der Waals surface area contributed by atoms with Crippen molar-refractivity contribution < 1.29 is 14.4 Å². The van der Waals surface area contributed by atoms with Crippen molar-refractivity contribution in [2.75, 3.05) is 7.11 Å². The Hall–Kier alpha value is -3.81. The molecule has 0 aliphatic heterocycles. The fourth-order valence-electron chi connectivity index (χ4n) is 2.21. The molecule has 0 bridgehead atoms. The molecule has 0 N–H and O–H groups in total. The van der Waals surface area contributed by atoms with Crippen LogP contribution in [0.15, 0.2) is 66.1 Å². The number of hydrogen-bond donors (Lipinski definition) is 0. The molecule has 0 amide bonds. The summed E-state index contributed by atoms with van der Waals surface area (Å²) >= 11 is 0. The number of methoxy groups -OCH3 is 1. The number of hydrogen-bond acceptors (Lipinski definition) is 7. The number of aromatic nitrogens is 4. The van der Waals surface area contributed by atoms with Crippen LogP contribution in [0.2, 0.25) is 0 Å². The Bertz CT molecular complexity index is 946. The highest BCUT2D eigenvalue weighted by atomic mass is 16.7. The van der Waals surface area contributed by atoms with Crippen molar-refractivity contribution in [2.24, 2.45) is 5.16 Å². The summed E-state index contributed by atoms with van der Waals surface area (Å²) in [5.74, 6) is 0.191. The van der Waals surface area contributed by atoms with E-state index in [4.69, 9.17) is 9.57 Å². The van der Waals surface area contributed by atoms with Gasteiger partial charge >= 0.3 is 5.97 Å². The number of benzene rings is 2. The second-order valence-corrected chi connectivity index (χ2v) is 5.49. The van der Waals surface area contributed by atoms with Crippen LogP contribution in [0.4, 0.5) is 0 Å². The summed E-state index contributed by atoms with van der Waals surface area (Å²) in [6.45, 7) is 1.76. The first-order valence-corrected chi connectivity index (χ1v) is 8.07. The number of nitrogens with zero attached hydrogens (tertiary/aromatic N) is 5. The topological polar surface area (TPSA) is 91.5 Å². The summed E-state index contributed by atoms with van der Waals surface area (Å²) in [7, 11) is 1.60. The summed E-state index contributed by atoms with van der Waals surface area (Å²) in [5, 5.41) is 14.9. The van der Waals surface area contributed by atoms with E-state index in [0.29, 0.717) is 5.71 Å². The normalized spacial score (nSPS) is 11.6. The Kier molecular flexibility index (Phi) is 5.68. The molecule has 1 heterocycles. The van der Waals surface area contributed by atoms with E-state index in [2.05, 4.69) is 20.7 Å². The van der Waals surface area contributed by atoms with E-state index in [1.807, 2.05) is 48.5 Å². The van der Waals surface area contributed by atoms with E-state index < -0.39 is 5.97 Å². The zero-order chi connectivity index (χ0) is 19.1. The van der Waals surface area contributed by atoms with Gasteiger partial charge in [0.2, 0.25) is 0 Å². The lowest BCUT2D eigenvalue weighted by Gasteiger charge is -2.02. The minimum atomic E-state index is -0.560. The van der Waals surface area contributed by atoms with Crippen molar-refractivity contribution in [2.45, 2.75) is 6.92 Å². The van der Waals surface area contributed by atoms with Crippen LogP contribution in [0.5, 0.6) is 5.75 Å². The third-order valence-electron chi connectivity index (χ3n) is 3.70. The van der Waals surface area contributed by atoms with Crippen LogP contribution < -0.4 is 4.74 Å². The monoisotopic (exact) mass is 363 g/mol. The van der Waals surface area contributed by atoms with Crippen LogP contribution in [0, 0.1) is 0 Å². The predicted molar refractivity (Wildman–Crippen MR) is 99.5 cm³/mol. The van der Waals surface area contributed by atoms with Gasteiger partial charge in [-0.05, 0) is 58.8 Å². The molecule has 0 atom stereocenters. The maximum absolute atomic E-state index is 11.8. The van der Waals surface area contributed by atoms with Crippen molar-refractivity contribution in [1.82, 2.24) is 20.2 Å². The molecule has 0 spiro atoms. The van der Waals surface area contributed by atoms with Gasteiger partial charge in [0, 0.05) is 6.08 Å². The molecule has 0 unspecified atom stereocenters. The molecule has 2 aromatic carbocycles. The minimum absolute atomic E-state index is 0.560. The summed E-state index contributed by atoms with van der Waals surface area (Å²) in [6.07, 6.45) is 4.47. The van der Waals surface area contributed by atoms with Gasteiger partial charge in [0.15, 0.2) is 0 Å². The zero-order valence-corrected chi connectivity index (χ0v) is 14.8. The molecule has 27 heavy (non-hydrogen) atoms. The third kappa shape index (κ3) is 4.85. The zero-order valence-electron chi connectivity index (χ0n) is 14.8. The van der Waals surface area contributed by atoms with Crippen LogP contribution in [0.1, 0.15) is 18.1 Å². The number of carbonyl (C=O) groups is 1. The van der Waals surface area contributed by atoms with Crippen LogP contribution in [-0.2, 0) is 9.63 Å². The molecule has 0 radical (unpaired) electrons. The summed E-state index contributed by atoms with van der Waals surface area (Å²) < 4.78 is 6.63. The smallest absolute Gasteiger partial charge is 0.358 e. The Morgan fingerprint density at radius 1 is 1.11 bits per heavy atom. The first kappa shape index (κ1) is 18.0. The lowest BCUT2D eigenvalue weighted by atomic mass is 10.1. The SMILES string of the molecule is COc1ccc(/C=C/C(=O)O/N=C(/C)c2ccc(-n3cnnn3)cc2)cc1. The molecule has 3 rings (SSSR count). The highest BCUT2D eigenvalue weighted by molar-refractivity contribution is 5.99. The molecule has 136 valence electrons. The van der Waals surface area contributed by atoms with Crippen LogP contribution in [0.25, 0.3) is 11.8 Å². The molecule has 0 saturated carbocycles. The van der Waals surface area contributed by atoms with Crippen LogP contribution >= 0.6 is 0 Å². The first-order valence-electron chi connectivity index (χ1n) is 8.07. The summed E-state index contributed by atoms with van der Waals surface area (Å²) in [6, 6.07) is 14.7. The highest BCUT2D eigenvalue weighted by Gasteiger charge is 2.03. The Balaban J connectivity index is 1.59. The number of rotatable bonds is 6. The van der Waals surface area contributed by atoms with Gasteiger partial charge in [0.25, 0.3) is 0 Å². The predicted octanol–water partition coefficient (Wildman–Crippen LogP) is 2.65. The maximum Gasteiger partial charge on any atom is 0.358 e. The summed E-state index contributed by atoms with van der Waals surface area (Å²) in [5.41, 5.74) is 3.06. The molecular weight excluding hydrogens is 346 g/mol. The summed E-state index contributed by atoms with van der Waals surface area (Å²) in [4.78, 5) is 16.7. The van der Waals surface area contributed by atoms with E-state index >= 15 is 0 Å². The van der Waals surface area contributed by atoms with Gasteiger partial charge in [0.1, 0.15) is 12.1 Å². The molecular formula is C19H17N5O3. The van der Waals surface area contributed by atoms with Crippen molar-refractivity contribution in [3.63, 3.8) is 0 Å². The van der Waals surface area contributed by atoms with Gasteiger partial charge in [0.05, 0.1) is 18.5 Å². The average molecular weight is 363 g/mol. The van der Waals surface area contributed by atoms with Crippen molar-refractivity contribution in [3.05, 3.63) is 72.1 Å². The minimum Gasteiger partial charge on any atom is -0.497 e. The quantitative estimate of drug-likeness (QED) is 0.289. The standard InChI is InChI=1S/C19H17N5O3/c1-14(16-6-8-17(9-7-16)24-13-20-22-23-24)21-27-19(25)12-5-15-3-10-18(26-2)11-4-15/h3-13H,1-2H3/b12-5+,21-14-. The Labute approximate surface area is 155 Å².